The predicted octanol–water partition coefficient (Wildman–Crippen LogP) is 2.94. The lowest BCUT2D eigenvalue weighted by atomic mass is 9.95. The van der Waals surface area contributed by atoms with E-state index >= 15 is 0 Å². The molecule has 33 heavy (non-hydrogen) atoms. The van der Waals surface area contributed by atoms with Crippen molar-refractivity contribution in [1.82, 2.24) is 14.8 Å². The number of piperidine rings is 1. The fraction of sp³-hybridized carbons (Fsp3) is 0.280. The highest BCUT2D eigenvalue weighted by Crippen LogP contribution is 2.33. The van der Waals surface area contributed by atoms with Gasteiger partial charge in [0.15, 0.2) is 0 Å². The maximum atomic E-state index is 12.9. The average Bonchev–Trinajstić information content (AvgIpc) is 3.31. The number of rotatable bonds is 4. The molecule has 2 saturated heterocycles. The first-order valence-electron chi connectivity index (χ1n) is 11.1. The number of urea groups is 1. The number of hydrogen-bond acceptors (Lipinski definition) is 4. The number of aliphatic imine (C=N–C) groups is 1. The van der Waals surface area contributed by atoms with Crippen LogP contribution in [0.4, 0.5) is 10.5 Å². The Kier molecular flexibility index (Phi) is 5.42. The Balaban J connectivity index is 1.50. The summed E-state index contributed by atoms with van der Waals surface area (Å²) in [5.41, 5.74) is 8.04. The maximum absolute atomic E-state index is 12.9. The molecule has 2 aliphatic heterocycles. The molecule has 4 amide bonds. The van der Waals surface area contributed by atoms with Crippen LogP contribution in [0.5, 0.6) is 0 Å². The molecule has 3 N–H and O–H groups in total. The number of benzene rings is 2. The van der Waals surface area contributed by atoms with Crippen molar-refractivity contribution in [2.45, 2.75) is 25.3 Å². The summed E-state index contributed by atoms with van der Waals surface area (Å²) in [5, 5.41) is 3.37. The topological polar surface area (TPSA) is 110 Å². The number of likely N-dealkylation sites (tertiary alicyclic amines) is 1. The summed E-state index contributed by atoms with van der Waals surface area (Å²) in [4.78, 5) is 43.1. The molecule has 0 saturated carbocycles. The summed E-state index contributed by atoms with van der Waals surface area (Å²) in [5.74, 6) is -1.18. The van der Waals surface area contributed by atoms with Crippen molar-refractivity contribution in [2.24, 2.45) is 16.6 Å². The number of nitrogens with one attached hydrogen (secondary N) is 1. The van der Waals surface area contributed by atoms with Crippen LogP contribution in [0.15, 0.2) is 65.8 Å². The average molecular weight is 444 g/mol. The second kappa shape index (κ2) is 8.54. The molecule has 2 aromatic carbocycles. The number of primary amides is 1. The number of carbonyl (C=O) groups excluding carboxylic acids is 3. The molecule has 0 spiro atoms. The van der Waals surface area contributed by atoms with E-state index in [-0.39, 0.29) is 17.6 Å². The van der Waals surface area contributed by atoms with Gasteiger partial charge in [-0.2, -0.15) is 0 Å². The highest BCUT2D eigenvalue weighted by atomic mass is 16.2. The van der Waals surface area contributed by atoms with Crippen LogP contribution in [0, 0.1) is 5.92 Å². The Bertz CT molecular complexity index is 1260. The van der Waals surface area contributed by atoms with Crippen LogP contribution in [0.2, 0.25) is 0 Å². The van der Waals surface area contributed by atoms with Crippen molar-refractivity contribution >= 4 is 40.1 Å². The molecule has 168 valence electrons. The number of nitrogens with two attached hydrogens (primary N) is 1. The minimum atomic E-state index is -0.763. The number of fused-ring (bicyclic) bond motifs is 1. The predicted molar refractivity (Wildman–Crippen MR) is 125 cm³/mol. The highest BCUT2D eigenvalue weighted by Gasteiger charge is 2.41. The van der Waals surface area contributed by atoms with Crippen molar-refractivity contribution in [2.75, 3.05) is 13.1 Å². The van der Waals surface area contributed by atoms with Gasteiger partial charge in [0.25, 0.3) is 5.91 Å². The summed E-state index contributed by atoms with van der Waals surface area (Å²) in [6.45, 7) is 2.07. The number of amides is 4. The molecule has 3 aromatic rings. The molecular weight excluding hydrogens is 418 g/mol. The lowest BCUT2D eigenvalue weighted by molar-refractivity contribution is -0.124. The number of aromatic nitrogens is 1. The van der Waals surface area contributed by atoms with E-state index in [9.17, 15) is 14.4 Å². The fourth-order valence-electron chi connectivity index (χ4n) is 4.82. The van der Waals surface area contributed by atoms with Gasteiger partial charge in [-0.1, -0.05) is 36.4 Å². The van der Waals surface area contributed by atoms with E-state index in [4.69, 9.17) is 5.73 Å². The summed E-state index contributed by atoms with van der Waals surface area (Å²) in [6, 6.07) is 16.7. The summed E-state index contributed by atoms with van der Waals surface area (Å²) >= 11 is 0. The number of para-hydroxylation sites is 2. The van der Waals surface area contributed by atoms with E-state index < -0.39 is 11.8 Å². The number of carbonyl (C=O) groups is 3. The summed E-state index contributed by atoms with van der Waals surface area (Å²) < 4.78 is 2.16. The minimum Gasteiger partial charge on any atom is -0.351 e. The molecular formula is C25H25N5O3. The third-order valence-corrected chi connectivity index (χ3v) is 6.52. The van der Waals surface area contributed by atoms with Gasteiger partial charge in [0, 0.05) is 36.7 Å². The zero-order valence-corrected chi connectivity index (χ0v) is 18.1. The van der Waals surface area contributed by atoms with Gasteiger partial charge in [-0.05, 0) is 42.5 Å². The molecule has 5 rings (SSSR count). The van der Waals surface area contributed by atoms with Crippen molar-refractivity contribution in [3.05, 3.63) is 66.4 Å². The lowest BCUT2D eigenvalue weighted by Gasteiger charge is -2.31. The van der Waals surface area contributed by atoms with Crippen molar-refractivity contribution < 1.29 is 14.4 Å². The van der Waals surface area contributed by atoms with Gasteiger partial charge in [-0.15, -0.1) is 0 Å². The van der Waals surface area contributed by atoms with Gasteiger partial charge in [0.05, 0.1) is 5.69 Å². The van der Waals surface area contributed by atoms with Crippen molar-refractivity contribution in [3.63, 3.8) is 0 Å². The smallest absolute Gasteiger partial charge is 0.314 e. The number of hydrogen-bond donors (Lipinski definition) is 2. The van der Waals surface area contributed by atoms with Gasteiger partial charge in [-0.25, -0.2) is 9.79 Å². The Labute approximate surface area is 191 Å². The van der Waals surface area contributed by atoms with Crippen LogP contribution >= 0.6 is 0 Å². The minimum absolute atomic E-state index is 0.212. The maximum Gasteiger partial charge on any atom is 0.314 e. The normalized spacial score (nSPS) is 20.5. The Morgan fingerprint density at radius 3 is 2.45 bits per heavy atom. The number of nitrogens with zero attached hydrogens (tertiary/aromatic N) is 3. The van der Waals surface area contributed by atoms with Gasteiger partial charge >= 0.3 is 6.03 Å². The highest BCUT2D eigenvalue weighted by molar-refractivity contribution is 6.52. The van der Waals surface area contributed by atoms with E-state index in [1.54, 1.807) is 4.90 Å². The Morgan fingerprint density at radius 1 is 1.03 bits per heavy atom. The molecule has 1 unspecified atom stereocenters. The van der Waals surface area contributed by atoms with Crippen LogP contribution < -0.4 is 11.1 Å². The van der Waals surface area contributed by atoms with Gasteiger partial charge < -0.3 is 15.2 Å². The number of imide groups is 1. The van der Waals surface area contributed by atoms with Crippen LogP contribution in [-0.4, -0.2) is 46.1 Å². The zero-order chi connectivity index (χ0) is 22.9. The van der Waals surface area contributed by atoms with Crippen LogP contribution in [0.25, 0.3) is 10.9 Å². The molecule has 8 nitrogen and oxygen atoms in total. The molecule has 0 aliphatic carbocycles. The second-order valence-electron chi connectivity index (χ2n) is 8.61. The standard InChI is InChI=1S/C25H25N5O3/c26-25(33)29-12-10-16(11-13-29)14-30-15-19(18-8-4-5-9-20(18)30)21-22(24(32)28-23(21)31)27-17-6-2-1-3-7-17/h1-9,15-16,21H,10-14H2,(H2,26,33)(H,28,31,32). The first-order valence-corrected chi connectivity index (χ1v) is 11.1. The van der Waals surface area contributed by atoms with Crippen LogP contribution in [0.3, 0.4) is 0 Å². The largest absolute Gasteiger partial charge is 0.351 e. The third-order valence-electron chi connectivity index (χ3n) is 6.52. The molecule has 1 aromatic heterocycles. The summed E-state index contributed by atoms with van der Waals surface area (Å²) in [7, 11) is 0. The molecule has 8 heteroatoms. The molecule has 0 bridgehead atoms. The molecule has 1 atom stereocenters. The van der Waals surface area contributed by atoms with E-state index in [1.165, 1.54) is 0 Å². The quantitative estimate of drug-likeness (QED) is 0.605. The van der Waals surface area contributed by atoms with E-state index in [2.05, 4.69) is 14.9 Å². The van der Waals surface area contributed by atoms with E-state index in [1.807, 2.05) is 60.8 Å². The Hall–Kier alpha value is -3.94. The molecule has 3 heterocycles. The monoisotopic (exact) mass is 443 g/mol. The van der Waals surface area contributed by atoms with Crippen molar-refractivity contribution in [3.8, 4) is 0 Å². The zero-order valence-electron chi connectivity index (χ0n) is 18.1. The van der Waals surface area contributed by atoms with E-state index in [0.29, 0.717) is 24.7 Å². The third kappa shape index (κ3) is 4.00. The molecule has 0 radical (unpaired) electrons. The first-order chi connectivity index (χ1) is 16.0. The summed E-state index contributed by atoms with van der Waals surface area (Å²) in [6.07, 6.45) is 3.72. The molecule has 2 aliphatic rings. The van der Waals surface area contributed by atoms with Gasteiger partial charge in [0.2, 0.25) is 5.91 Å². The van der Waals surface area contributed by atoms with Crippen LogP contribution in [-0.2, 0) is 16.1 Å². The van der Waals surface area contributed by atoms with E-state index in [0.717, 1.165) is 35.9 Å². The second-order valence-corrected chi connectivity index (χ2v) is 8.61. The fourth-order valence-corrected chi connectivity index (χ4v) is 4.82. The SMILES string of the molecule is NC(=O)N1CCC(Cn2cc(C3C(=O)NC(=O)C3=Nc3ccccc3)c3ccccc32)CC1. The lowest BCUT2D eigenvalue weighted by Crippen LogP contribution is -2.42. The first kappa shape index (κ1) is 20.9. The van der Waals surface area contributed by atoms with Gasteiger partial charge in [-0.3, -0.25) is 14.9 Å². The Morgan fingerprint density at radius 2 is 1.73 bits per heavy atom. The van der Waals surface area contributed by atoms with Crippen LogP contribution in [0.1, 0.15) is 24.3 Å². The van der Waals surface area contributed by atoms with Crippen molar-refractivity contribution in [1.29, 1.82) is 0 Å². The van der Waals surface area contributed by atoms with Gasteiger partial charge in [0.1, 0.15) is 11.6 Å². The molecule has 2 fully saturated rings.